The first-order valence-electron chi connectivity index (χ1n) is 11.1. The third-order valence-corrected chi connectivity index (χ3v) is 6.19. The monoisotopic (exact) mass is 374 g/mol. The van der Waals surface area contributed by atoms with Gasteiger partial charge in [-0.05, 0) is 25.2 Å². The van der Waals surface area contributed by atoms with Crippen LogP contribution in [0.4, 0.5) is 0 Å². The van der Waals surface area contributed by atoms with E-state index in [4.69, 9.17) is 4.74 Å². The highest BCUT2D eigenvalue weighted by Gasteiger charge is 2.05. The van der Waals surface area contributed by atoms with Crippen LogP contribution in [0.1, 0.15) is 111 Å². The Morgan fingerprint density at radius 3 is 1.72 bits per heavy atom. The molecular weight excluding hydrogens is 328 g/mol. The molecule has 0 radical (unpaired) electrons. The summed E-state index contributed by atoms with van der Waals surface area (Å²) < 4.78 is 17.4. The summed E-state index contributed by atoms with van der Waals surface area (Å²) in [6, 6.07) is 0. The molecule has 0 rings (SSSR count). The summed E-state index contributed by atoms with van der Waals surface area (Å²) in [5, 5.41) is 0. The van der Waals surface area contributed by atoms with Crippen LogP contribution in [0.5, 0.6) is 0 Å². The van der Waals surface area contributed by atoms with Crippen molar-refractivity contribution in [2.24, 2.45) is 5.92 Å². The van der Waals surface area contributed by atoms with Gasteiger partial charge in [0.1, 0.15) is 11.5 Å². The van der Waals surface area contributed by atoms with Crippen LogP contribution in [-0.4, -0.2) is 29.3 Å². The van der Waals surface area contributed by atoms with E-state index < -0.39 is 11.2 Å². The topological polar surface area (TPSA) is 32.3 Å². The summed E-state index contributed by atoms with van der Waals surface area (Å²) in [6.07, 6.45) is 18.2. The molecule has 0 saturated heterocycles. The number of ether oxygens (including phenoxy) is 1. The maximum absolute atomic E-state index is 11.9. The molecular formula is C22H46O2S. The van der Waals surface area contributed by atoms with Crippen molar-refractivity contribution >= 4 is 11.2 Å². The fourth-order valence-corrected chi connectivity index (χ4v) is 4.17. The first-order chi connectivity index (χ1) is 12.2. The Hall–Kier alpha value is 0.270. The largest absolute Gasteiger partial charge is 0.616 e. The van der Waals surface area contributed by atoms with Crippen molar-refractivity contribution < 1.29 is 9.29 Å². The molecule has 0 aromatic rings. The van der Waals surface area contributed by atoms with Gasteiger partial charge < -0.3 is 9.29 Å². The molecule has 0 heterocycles. The molecule has 0 bridgehead atoms. The highest BCUT2D eigenvalue weighted by molar-refractivity contribution is 7.91. The zero-order valence-corrected chi connectivity index (χ0v) is 18.3. The lowest BCUT2D eigenvalue weighted by molar-refractivity contribution is 0.132. The minimum absolute atomic E-state index is 0.624. The number of hydrogen-bond acceptors (Lipinski definition) is 2. The Balaban J connectivity index is 3.12. The van der Waals surface area contributed by atoms with Crippen LogP contribution >= 0.6 is 0 Å². The van der Waals surface area contributed by atoms with Gasteiger partial charge in [-0.15, -0.1) is 0 Å². The molecule has 0 amide bonds. The summed E-state index contributed by atoms with van der Waals surface area (Å²) in [4.78, 5) is 0. The molecule has 0 aliphatic carbocycles. The van der Waals surface area contributed by atoms with Gasteiger partial charge in [-0.2, -0.15) is 0 Å². The van der Waals surface area contributed by atoms with Crippen LogP contribution in [0, 0.1) is 5.92 Å². The predicted octanol–water partition coefficient (Wildman–Crippen LogP) is 6.89. The second kappa shape index (κ2) is 20.6. The normalized spacial score (nSPS) is 12.8. The van der Waals surface area contributed by atoms with E-state index in [-0.39, 0.29) is 0 Å². The molecule has 0 aliphatic rings. The van der Waals surface area contributed by atoms with Crippen molar-refractivity contribution in [2.75, 3.05) is 24.7 Å². The highest BCUT2D eigenvalue weighted by Crippen LogP contribution is 2.13. The lowest BCUT2D eigenvalue weighted by Gasteiger charge is -2.11. The van der Waals surface area contributed by atoms with Crippen LogP contribution < -0.4 is 0 Å². The van der Waals surface area contributed by atoms with E-state index in [2.05, 4.69) is 20.8 Å². The average Bonchev–Trinajstić information content (AvgIpc) is 2.58. The van der Waals surface area contributed by atoms with Gasteiger partial charge in [-0.25, -0.2) is 0 Å². The third kappa shape index (κ3) is 22.2. The molecule has 0 aliphatic heterocycles. The SMILES string of the molecule is CCCCOCCC[S+]([O-])CCCCCCCCCCCCC(C)C. The van der Waals surface area contributed by atoms with E-state index in [1.54, 1.807) is 0 Å². The van der Waals surface area contributed by atoms with Crippen molar-refractivity contribution in [3.63, 3.8) is 0 Å². The Morgan fingerprint density at radius 2 is 1.16 bits per heavy atom. The Morgan fingerprint density at radius 1 is 0.680 bits per heavy atom. The summed E-state index contributed by atoms with van der Waals surface area (Å²) in [7, 11) is 0. The molecule has 2 nitrogen and oxygen atoms in total. The summed E-state index contributed by atoms with van der Waals surface area (Å²) >= 11 is -0.624. The van der Waals surface area contributed by atoms with Gasteiger partial charge in [0, 0.05) is 13.0 Å². The van der Waals surface area contributed by atoms with Crippen LogP contribution in [0.15, 0.2) is 0 Å². The van der Waals surface area contributed by atoms with Gasteiger partial charge in [-0.3, -0.25) is 0 Å². The first-order valence-corrected chi connectivity index (χ1v) is 12.6. The van der Waals surface area contributed by atoms with Crippen molar-refractivity contribution in [2.45, 2.75) is 111 Å². The molecule has 0 aromatic carbocycles. The molecule has 1 unspecified atom stereocenters. The van der Waals surface area contributed by atoms with Crippen LogP contribution in [-0.2, 0) is 15.9 Å². The zero-order chi connectivity index (χ0) is 18.6. The molecule has 1 atom stereocenters. The maximum atomic E-state index is 11.9. The molecule has 0 spiro atoms. The van der Waals surface area contributed by atoms with E-state index in [0.717, 1.165) is 49.9 Å². The fourth-order valence-electron chi connectivity index (χ4n) is 3.00. The van der Waals surface area contributed by atoms with Crippen LogP contribution in [0.3, 0.4) is 0 Å². The molecule has 0 N–H and O–H groups in total. The van der Waals surface area contributed by atoms with Gasteiger partial charge in [0.05, 0.1) is 6.61 Å². The third-order valence-electron chi connectivity index (χ3n) is 4.71. The summed E-state index contributed by atoms with van der Waals surface area (Å²) in [6.45, 7) is 8.45. The summed E-state index contributed by atoms with van der Waals surface area (Å²) in [5.74, 6) is 2.58. The second-order valence-corrected chi connectivity index (χ2v) is 9.58. The van der Waals surface area contributed by atoms with Crippen molar-refractivity contribution in [3.05, 3.63) is 0 Å². The van der Waals surface area contributed by atoms with Crippen molar-refractivity contribution in [1.29, 1.82) is 0 Å². The van der Waals surface area contributed by atoms with Gasteiger partial charge in [0.25, 0.3) is 0 Å². The predicted molar refractivity (Wildman–Crippen MR) is 114 cm³/mol. The average molecular weight is 375 g/mol. The van der Waals surface area contributed by atoms with E-state index in [0.29, 0.717) is 0 Å². The Bertz CT molecular complexity index is 246. The molecule has 25 heavy (non-hydrogen) atoms. The highest BCUT2D eigenvalue weighted by atomic mass is 32.2. The van der Waals surface area contributed by atoms with Crippen LogP contribution in [0.2, 0.25) is 0 Å². The lowest BCUT2D eigenvalue weighted by atomic mass is 10.0. The smallest absolute Gasteiger partial charge is 0.107 e. The zero-order valence-electron chi connectivity index (χ0n) is 17.5. The van der Waals surface area contributed by atoms with Gasteiger partial charge in [0.2, 0.25) is 0 Å². The minimum atomic E-state index is -0.624. The number of unbranched alkanes of at least 4 members (excludes halogenated alkanes) is 10. The Kier molecular flexibility index (Phi) is 20.8. The minimum Gasteiger partial charge on any atom is -0.616 e. The van der Waals surface area contributed by atoms with E-state index in [9.17, 15) is 4.55 Å². The van der Waals surface area contributed by atoms with E-state index in [1.807, 2.05) is 0 Å². The second-order valence-electron chi connectivity index (χ2n) is 7.89. The molecule has 3 heteroatoms. The summed E-state index contributed by atoms with van der Waals surface area (Å²) in [5.41, 5.74) is 0. The number of rotatable bonds is 20. The molecule has 0 saturated carbocycles. The van der Waals surface area contributed by atoms with Gasteiger partial charge in [0.15, 0.2) is 0 Å². The van der Waals surface area contributed by atoms with Gasteiger partial charge in [-0.1, -0.05) is 96.2 Å². The van der Waals surface area contributed by atoms with E-state index in [1.165, 1.54) is 70.6 Å². The quantitative estimate of drug-likeness (QED) is 0.172. The molecule has 0 fully saturated rings. The van der Waals surface area contributed by atoms with Crippen molar-refractivity contribution in [1.82, 2.24) is 0 Å². The molecule has 152 valence electrons. The van der Waals surface area contributed by atoms with Crippen molar-refractivity contribution in [3.8, 4) is 0 Å². The number of hydrogen-bond donors (Lipinski definition) is 0. The fraction of sp³-hybridized carbons (Fsp3) is 1.00. The lowest BCUT2D eigenvalue weighted by Crippen LogP contribution is -2.13. The Labute approximate surface area is 162 Å². The van der Waals surface area contributed by atoms with Crippen LogP contribution in [0.25, 0.3) is 0 Å². The standard InChI is InChI=1S/C22H46O2S/c1-4-5-18-24-19-16-21-25(23)20-15-13-11-9-7-6-8-10-12-14-17-22(2)3/h22H,4-21H2,1-3H3. The maximum Gasteiger partial charge on any atom is 0.107 e. The van der Waals surface area contributed by atoms with Gasteiger partial charge >= 0.3 is 0 Å². The molecule has 0 aromatic heterocycles. The van der Waals surface area contributed by atoms with E-state index >= 15 is 0 Å². The first kappa shape index (κ1) is 25.3.